The fraction of sp³-hybridized carbons (Fsp3) is 0.294. The van der Waals surface area contributed by atoms with Crippen molar-refractivity contribution < 1.29 is 4.11 Å². The number of para-hydroxylation sites is 2. The van der Waals surface area contributed by atoms with E-state index in [9.17, 15) is 4.11 Å². The van der Waals surface area contributed by atoms with Crippen molar-refractivity contribution in [3.05, 3.63) is 202 Å². The molecule has 2 heterocycles. The molecule has 8 aromatic rings. The fourth-order valence-electron chi connectivity index (χ4n) is 14.5. The van der Waals surface area contributed by atoms with E-state index in [2.05, 4.69) is 236 Å². The molecule has 0 bridgehead atoms. The minimum absolute atomic E-state index is 0.0288. The zero-order valence-electron chi connectivity index (χ0n) is 47.1. The fourth-order valence-corrected chi connectivity index (χ4v) is 14.5. The molecule has 0 radical (unpaired) electrons. The Morgan fingerprint density at radius 3 is 1.67 bits per heavy atom. The van der Waals surface area contributed by atoms with Crippen LogP contribution in [0.25, 0.3) is 11.1 Å². The molecule has 3 nitrogen and oxygen atoms in total. The summed E-state index contributed by atoms with van der Waals surface area (Å²) in [6, 6.07) is 58.3. The number of hydrogen-bond acceptors (Lipinski definition) is 3. The molecule has 0 saturated carbocycles. The minimum Gasteiger partial charge on any atom is -0.311 e. The molecule has 0 fully saturated rings. The molecule has 0 amide bonds. The van der Waals surface area contributed by atoms with Crippen molar-refractivity contribution in [1.82, 2.24) is 0 Å². The van der Waals surface area contributed by atoms with Gasteiger partial charge in [-0.2, -0.15) is 0 Å². The first kappa shape index (κ1) is 41.8. The van der Waals surface area contributed by atoms with Gasteiger partial charge in [-0.05, 0) is 200 Å². The van der Waals surface area contributed by atoms with E-state index in [0.29, 0.717) is 5.56 Å². The van der Waals surface area contributed by atoms with Crippen LogP contribution in [-0.4, -0.2) is 6.71 Å². The molecular weight excluding hydrogens is 870 g/mol. The van der Waals surface area contributed by atoms with Gasteiger partial charge in [0.15, 0.2) is 0 Å². The maximum absolute atomic E-state index is 9.32. The van der Waals surface area contributed by atoms with Crippen molar-refractivity contribution in [3.8, 4) is 11.1 Å². The highest BCUT2D eigenvalue weighted by atomic mass is 15.2. The van der Waals surface area contributed by atoms with Gasteiger partial charge < -0.3 is 14.7 Å². The number of rotatable bonds is 5. The Balaban J connectivity index is 1.16. The van der Waals surface area contributed by atoms with E-state index in [1.165, 1.54) is 61.0 Å². The molecule has 13 rings (SSSR count). The van der Waals surface area contributed by atoms with E-state index in [1.54, 1.807) is 0 Å². The zero-order chi connectivity index (χ0) is 52.5. The quantitative estimate of drug-likeness (QED) is 0.159. The lowest BCUT2D eigenvalue weighted by molar-refractivity contribution is 0.332. The Morgan fingerprint density at radius 1 is 0.444 bits per heavy atom. The number of anilines is 9. The first-order chi connectivity index (χ1) is 35.5. The third-order valence-corrected chi connectivity index (χ3v) is 18.1. The highest BCUT2D eigenvalue weighted by molar-refractivity contribution is 7.00. The third kappa shape index (κ3) is 6.42. The second kappa shape index (κ2) is 15.1. The smallest absolute Gasteiger partial charge is 0.252 e. The molecule has 3 aliphatic carbocycles. The molecule has 2 aliphatic heterocycles. The number of aryl methyl sites for hydroxylation is 2. The molecule has 0 spiro atoms. The highest BCUT2D eigenvalue weighted by Gasteiger charge is 2.49. The van der Waals surface area contributed by atoms with Gasteiger partial charge in [0.2, 0.25) is 0 Å². The lowest BCUT2D eigenvalue weighted by atomic mass is 9.33. The molecule has 0 saturated heterocycles. The van der Waals surface area contributed by atoms with E-state index in [1.807, 2.05) is 12.1 Å². The summed E-state index contributed by atoms with van der Waals surface area (Å²) in [5.74, 6) is 0. The van der Waals surface area contributed by atoms with Crippen molar-refractivity contribution in [2.45, 2.75) is 129 Å². The molecule has 0 atom stereocenters. The molecule has 4 heteroatoms. The van der Waals surface area contributed by atoms with E-state index in [4.69, 9.17) is 0 Å². The average Bonchev–Trinajstić information content (AvgIpc) is 3.72. The first-order valence-corrected chi connectivity index (χ1v) is 26.4. The van der Waals surface area contributed by atoms with Gasteiger partial charge in [-0.15, -0.1) is 0 Å². The number of fused-ring (bicyclic) bond motifs is 9. The SMILES string of the molecule is [2H]C([2H])([2H])c1cc2c3c(c1)N(c1cc4c(cc1C)C(C)(C)CCC4(C)C)c1cc4c(cc1B3c1ccc(N(c3ccccc3)c3ccccc3)cc1N2c1ccc2c(c1)-c1ccccc1C2(C)C)C(C)(C)CC4(C)C. The summed E-state index contributed by atoms with van der Waals surface area (Å²) < 4.78 is 27.9. The van der Waals surface area contributed by atoms with Crippen LogP contribution in [0.5, 0.6) is 0 Å². The van der Waals surface area contributed by atoms with Crippen molar-refractivity contribution in [2.24, 2.45) is 0 Å². The van der Waals surface area contributed by atoms with E-state index < -0.39 is 6.85 Å². The van der Waals surface area contributed by atoms with Gasteiger partial charge in [-0.1, -0.05) is 154 Å². The van der Waals surface area contributed by atoms with Gasteiger partial charge in [0.05, 0.1) is 0 Å². The molecule has 0 aromatic heterocycles. The summed E-state index contributed by atoms with van der Waals surface area (Å²) in [4.78, 5) is 7.26. The standard InChI is InChI=1S/C68H68BN3/c1-42-33-61-63-62(34-42)72(58-39-54-52(35-43(58)2)64(3,4)31-32-65(54,5)6)60-40-55-53(66(7,8)41-67(55,9)10)38-57(60)69(63)56-30-28-47(70(44-21-15-13-16-22-44)45-23-17-14-18-24-45)37-59(56)71(61)46-27-29-51-49(36-46)48-25-19-20-26-50(48)68(51,11)12/h13-30,33-40H,31-32,41H2,1-12H3/i1D3. The summed E-state index contributed by atoms with van der Waals surface area (Å²) in [6.45, 7) is 23.6. The van der Waals surface area contributed by atoms with Crippen LogP contribution in [-0.2, 0) is 27.1 Å². The van der Waals surface area contributed by atoms with Crippen LogP contribution in [0.1, 0.15) is 137 Å². The summed E-state index contributed by atoms with van der Waals surface area (Å²) >= 11 is 0. The van der Waals surface area contributed by atoms with E-state index in [-0.39, 0.29) is 33.8 Å². The predicted molar refractivity (Wildman–Crippen MR) is 308 cm³/mol. The predicted octanol–water partition coefficient (Wildman–Crippen LogP) is 16.5. The monoisotopic (exact) mass is 941 g/mol. The summed E-state index contributed by atoms with van der Waals surface area (Å²) in [5, 5.41) is 0. The minimum atomic E-state index is -2.40. The van der Waals surface area contributed by atoms with Crippen LogP contribution in [0.2, 0.25) is 0 Å². The maximum atomic E-state index is 9.32. The molecule has 358 valence electrons. The topological polar surface area (TPSA) is 9.72 Å². The van der Waals surface area contributed by atoms with Gasteiger partial charge in [0, 0.05) is 60.7 Å². The van der Waals surface area contributed by atoms with Crippen LogP contribution >= 0.6 is 0 Å². The van der Waals surface area contributed by atoms with Crippen LogP contribution < -0.4 is 31.1 Å². The van der Waals surface area contributed by atoms with Crippen molar-refractivity contribution in [3.63, 3.8) is 0 Å². The Hall–Kier alpha value is -6.78. The van der Waals surface area contributed by atoms with Gasteiger partial charge >= 0.3 is 0 Å². The van der Waals surface area contributed by atoms with Crippen LogP contribution in [0.4, 0.5) is 51.2 Å². The van der Waals surface area contributed by atoms with Crippen molar-refractivity contribution in [2.75, 3.05) is 14.7 Å². The Bertz CT molecular complexity index is 3660. The summed E-state index contributed by atoms with van der Waals surface area (Å²) in [7, 11) is 0. The second-order valence-corrected chi connectivity index (χ2v) is 25.0. The lowest BCUT2D eigenvalue weighted by Crippen LogP contribution is -2.61. The second-order valence-electron chi connectivity index (χ2n) is 25.0. The number of hydrogen-bond donors (Lipinski definition) is 0. The van der Waals surface area contributed by atoms with Gasteiger partial charge in [0.25, 0.3) is 6.71 Å². The van der Waals surface area contributed by atoms with Gasteiger partial charge in [0.1, 0.15) is 0 Å². The van der Waals surface area contributed by atoms with Crippen molar-refractivity contribution in [1.29, 1.82) is 0 Å². The molecule has 5 aliphatic rings. The molecule has 0 N–H and O–H groups in total. The molecular formula is C68H68BN3. The van der Waals surface area contributed by atoms with E-state index in [0.717, 1.165) is 75.9 Å². The van der Waals surface area contributed by atoms with Crippen LogP contribution in [0.3, 0.4) is 0 Å². The molecule has 8 aromatic carbocycles. The third-order valence-electron chi connectivity index (χ3n) is 18.1. The average molecular weight is 941 g/mol. The normalized spacial score (nSPS) is 19.1. The Morgan fingerprint density at radius 2 is 1.00 bits per heavy atom. The summed E-state index contributed by atoms with van der Waals surface area (Å²) in [6.07, 6.45) is 3.26. The number of nitrogens with zero attached hydrogens (tertiary/aromatic N) is 3. The Labute approximate surface area is 433 Å². The first-order valence-electron chi connectivity index (χ1n) is 27.9. The van der Waals surface area contributed by atoms with Gasteiger partial charge in [-0.25, -0.2) is 0 Å². The lowest BCUT2D eigenvalue weighted by Gasteiger charge is -2.46. The summed E-state index contributed by atoms with van der Waals surface area (Å²) in [5.41, 5.74) is 24.7. The van der Waals surface area contributed by atoms with Crippen molar-refractivity contribution >= 4 is 74.3 Å². The highest BCUT2D eigenvalue weighted by Crippen LogP contribution is 2.56. The van der Waals surface area contributed by atoms with Gasteiger partial charge in [-0.3, -0.25) is 0 Å². The van der Waals surface area contributed by atoms with Crippen LogP contribution in [0.15, 0.2) is 158 Å². The van der Waals surface area contributed by atoms with E-state index >= 15 is 0 Å². The number of benzene rings is 8. The largest absolute Gasteiger partial charge is 0.311 e. The van der Waals surface area contributed by atoms with Crippen LogP contribution in [0, 0.1) is 13.8 Å². The molecule has 0 unspecified atom stereocenters. The zero-order valence-corrected chi connectivity index (χ0v) is 44.1. The molecule has 72 heavy (non-hydrogen) atoms. The Kier molecular flexibility index (Phi) is 8.79. The maximum Gasteiger partial charge on any atom is 0.252 e.